The molecule has 0 radical (unpaired) electrons. The van der Waals surface area contributed by atoms with Crippen LogP contribution >= 0.6 is 0 Å². The summed E-state index contributed by atoms with van der Waals surface area (Å²) in [7, 11) is 0. The van der Waals surface area contributed by atoms with E-state index in [0.717, 1.165) is 12.3 Å². The van der Waals surface area contributed by atoms with Gasteiger partial charge in [0.15, 0.2) is 5.82 Å². The number of hydrogen-bond acceptors (Lipinski definition) is 5. The molecule has 29 heavy (non-hydrogen) atoms. The lowest BCUT2D eigenvalue weighted by Gasteiger charge is -2.20. The molecule has 152 valence electrons. The minimum absolute atomic E-state index is 0.0132. The van der Waals surface area contributed by atoms with Crippen molar-refractivity contribution in [3.63, 3.8) is 0 Å². The molecule has 3 rings (SSSR count). The quantitative estimate of drug-likeness (QED) is 0.584. The van der Waals surface area contributed by atoms with Crippen molar-refractivity contribution in [3.05, 3.63) is 71.4 Å². The van der Waals surface area contributed by atoms with E-state index in [2.05, 4.69) is 15.1 Å². The first kappa shape index (κ1) is 20.5. The van der Waals surface area contributed by atoms with Gasteiger partial charge in [-0.1, -0.05) is 19.9 Å². The molecule has 3 aromatic rings. The van der Waals surface area contributed by atoms with E-state index in [4.69, 9.17) is 4.74 Å². The predicted octanol–water partition coefficient (Wildman–Crippen LogP) is 4.54. The van der Waals surface area contributed by atoms with Crippen LogP contribution in [0.3, 0.4) is 0 Å². The van der Waals surface area contributed by atoms with E-state index < -0.39 is 23.8 Å². The van der Waals surface area contributed by atoms with Crippen molar-refractivity contribution in [2.24, 2.45) is 5.92 Å². The molecule has 0 aromatic carbocycles. The van der Waals surface area contributed by atoms with Gasteiger partial charge in [0, 0.05) is 12.4 Å². The second-order valence-corrected chi connectivity index (χ2v) is 6.78. The van der Waals surface area contributed by atoms with Gasteiger partial charge < -0.3 is 4.74 Å². The molecule has 0 bridgehead atoms. The fourth-order valence-electron chi connectivity index (χ4n) is 2.78. The molecule has 6 nitrogen and oxygen atoms in total. The second-order valence-electron chi connectivity index (χ2n) is 6.78. The number of rotatable bonds is 5. The van der Waals surface area contributed by atoms with Crippen LogP contribution in [0.15, 0.2) is 48.9 Å². The molecule has 0 saturated heterocycles. The normalized spacial score (nSPS) is 12.8. The summed E-state index contributed by atoms with van der Waals surface area (Å²) in [4.78, 5) is 20.8. The lowest BCUT2D eigenvalue weighted by molar-refractivity contribution is -0.137. The monoisotopic (exact) mass is 404 g/mol. The highest BCUT2D eigenvalue weighted by molar-refractivity contribution is 5.90. The van der Waals surface area contributed by atoms with Gasteiger partial charge in [0.25, 0.3) is 0 Å². The van der Waals surface area contributed by atoms with Crippen molar-refractivity contribution >= 4 is 5.97 Å². The van der Waals surface area contributed by atoms with Gasteiger partial charge in [0.2, 0.25) is 0 Å². The zero-order valence-corrected chi connectivity index (χ0v) is 16.0. The van der Waals surface area contributed by atoms with Crippen LogP contribution in [0.25, 0.3) is 5.82 Å². The van der Waals surface area contributed by atoms with E-state index in [9.17, 15) is 18.0 Å². The Morgan fingerprint density at radius 2 is 1.86 bits per heavy atom. The van der Waals surface area contributed by atoms with E-state index in [-0.39, 0.29) is 17.3 Å². The molecule has 0 N–H and O–H groups in total. The molecule has 0 aliphatic carbocycles. The molecule has 1 unspecified atom stereocenters. The van der Waals surface area contributed by atoms with E-state index in [1.807, 2.05) is 19.9 Å². The number of halogens is 3. The van der Waals surface area contributed by atoms with Gasteiger partial charge in [0.1, 0.15) is 11.7 Å². The van der Waals surface area contributed by atoms with Gasteiger partial charge in [-0.05, 0) is 37.1 Å². The van der Waals surface area contributed by atoms with Crippen LogP contribution in [0.4, 0.5) is 13.2 Å². The molecule has 0 saturated carbocycles. The molecule has 9 heteroatoms. The molecule has 3 aromatic heterocycles. The lowest BCUT2D eigenvalue weighted by atomic mass is 10.0. The van der Waals surface area contributed by atoms with Gasteiger partial charge in [-0.3, -0.25) is 4.98 Å². The van der Waals surface area contributed by atoms with Crippen molar-refractivity contribution < 1.29 is 22.7 Å². The van der Waals surface area contributed by atoms with Crippen LogP contribution in [0.1, 0.15) is 47.3 Å². The van der Waals surface area contributed by atoms with Crippen LogP contribution in [-0.4, -0.2) is 25.7 Å². The third kappa shape index (κ3) is 4.44. The summed E-state index contributed by atoms with van der Waals surface area (Å²) in [6.07, 6.45) is -1.36. The smallest absolute Gasteiger partial charge is 0.417 e. The van der Waals surface area contributed by atoms with E-state index in [0.29, 0.717) is 11.4 Å². The maximum atomic E-state index is 12.7. The molecule has 0 fully saturated rings. The summed E-state index contributed by atoms with van der Waals surface area (Å²) >= 11 is 0. The Kier molecular flexibility index (Phi) is 5.67. The van der Waals surface area contributed by atoms with Gasteiger partial charge in [-0.2, -0.15) is 18.3 Å². The van der Waals surface area contributed by atoms with Gasteiger partial charge in [-0.25, -0.2) is 14.5 Å². The summed E-state index contributed by atoms with van der Waals surface area (Å²) in [5, 5.41) is 4.08. The Morgan fingerprint density at radius 1 is 1.10 bits per heavy atom. The van der Waals surface area contributed by atoms with Gasteiger partial charge in [0.05, 0.1) is 23.1 Å². The number of carbonyl (C=O) groups is 1. The number of esters is 1. The SMILES string of the molecule is Cc1c(C(=O)OC(c2ccccn2)C(C)C)cnn1-c1ccc(C(F)(F)F)cn1. The Bertz CT molecular complexity index is 983. The lowest BCUT2D eigenvalue weighted by Crippen LogP contribution is -2.18. The average molecular weight is 404 g/mol. The van der Waals surface area contributed by atoms with Crippen molar-refractivity contribution in [2.45, 2.75) is 33.1 Å². The Hall–Kier alpha value is -3.23. The van der Waals surface area contributed by atoms with Crippen molar-refractivity contribution in [3.8, 4) is 5.82 Å². The van der Waals surface area contributed by atoms with E-state index in [1.54, 1.807) is 25.3 Å². The molecule has 0 amide bonds. The molecular formula is C20H19F3N4O2. The highest BCUT2D eigenvalue weighted by atomic mass is 19.4. The Morgan fingerprint density at radius 3 is 2.41 bits per heavy atom. The first-order valence-corrected chi connectivity index (χ1v) is 8.88. The number of carbonyl (C=O) groups excluding carboxylic acids is 1. The summed E-state index contributed by atoms with van der Waals surface area (Å²) in [6.45, 7) is 5.44. The van der Waals surface area contributed by atoms with Crippen molar-refractivity contribution in [2.75, 3.05) is 0 Å². The third-order valence-corrected chi connectivity index (χ3v) is 4.34. The molecule has 1 atom stereocenters. The topological polar surface area (TPSA) is 69.9 Å². The summed E-state index contributed by atoms with van der Waals surface area (Å²) < 4.78 is 45.1. The first-order valence-electron chi connectivity index (χ1n) is 8.88. The number of alkyl halides is 3. The Balaban J connectivity index is 1.84. The minimum atomic E-state index is -4.48. The maximum Gasteiger partial charge on any atom is 0.417 e. The minimum Gasteiger partial charge on any atom is -0.452 e. The molecule has 0 spiro atoms. The predicted molar refractivity (Wildman–Crippen MR) is 98.3 cm³/mol. The van der Waals surface area contributed by atoms with Crippen LogP contribution in [0, 0.1) is 12.8 Å². The first-order chi connectivity index (χ1) is 13.7. The number of aromatic nitrogens is 4. The number of nitrogens with zero attached hydrogens (tertiary/aromatic N) is 4. The van der Waals surface area contributed by atoms with Crippen LogP contribution in [-0.2, 0) is 10.9 Å². The Labute approximate surface area is 165 Å². The van der Waals surface area contributed by atoms with E-state index >= 15 is 0 Å². The summed E-state index contributed by atoms with van der Waals surface area (Å²) in [5.41, 5.74) is 0.380. The van der Waals surface area contributed by atoms with Crippen LogP contribution < -0.4 is 0 Å². The highest BCUT2D eigenvalue weighted by Crippen LogP contribution is 2.29. The molecule has 0 aliphatic rings. The van der Waals surface area contributed by atoms with Gasteiger partial charge in [-0.15, -0.1) is 0 Å². The molecule has 0 aliphatic heterocycles. The number of ether oxygens (including phenoxy) is 1. The number of hydrogen-bond donors (Lipinski definition) is 0. The fraction of sp³-hybridized carbons (Fsp3) is 0.300. The zero-order chi connectivity index (χ0) is 21.2. The van der Waals surface area contributed by atoms with E-state index in [1.165, 1.54) is 16.9 Å². The van der Waals surface area contributed by atoms with Crippen molar-refractivity contribution in [1.82, 2.24) is 19.7 Å². The average Bonchev–Trinajstić information content (AvgIpc) is 3.07. The summed E-state index contributed by atoms with van der Waals surface area (Å²) in [5.74, 6) is -0.439. The van der Waals surface area contributed by atoms with Crippen LogP contribution in [0.2, 0.25) is 0 Å². The van der Waals surface area contributed by atoms with Gasteiger partial charge >= 0.3 is 12.1 Å². The second kappa shape index (κ2) is 8.02. The summed E-state index contributed by atoms with van der Waals surface area (Å²) in [6, 6.07) is 7.47. The fourth-order valence-corrected chi connectivity index (χ4v) is 2.78. The molecule has 3 heterocycles. The maximum absolute atomic E-state index is 12.7. The number of pyridine rings is 2. The molecular weight excluding hydrogens is 385 g/mol. The van der Waals surface area contributed by atoms with Crippen LogP contribution in [0.5, 0.6) is 0 Å². The largest absolute Gasteiger partial charge is 0.452 e. The third-order valence-electron chi connectivity index (χ3n) is 4.34. The zero-order valence-electron chi connectivity index (χ0n) is 16.0. The highest BCUT2D eigenvalue weighted by Gasteiger charge is 2.31. The van der Waals surface area contributed by atoms with Crippen molar-refractivity contribution in [1.29, 1.82) is 0 Å². The standard InChI is InChI=1S/C20H19F3N4O2/c1-12(2)18(16-6-4-5-9-24-16)29-19(28)15-11-26-27(13(15)3)17-8-7-14(10-25-17)20(21,22)23/h4-12,18H,1-3H3.